The largest absolute Gasteiger partial charge is 0.497 e. The van der Waals surface area contributed by atoms with Gasteiger partial charge in [0.25, 0.3) is 0 Å². The van der Waals surface area contributed by atoms with E-state index >= 15 is 0 Å². The Morgan fingerprint density at radius 2 is 1.52 bits per heavy atom. The third-order valence-electron chi connectivity index (χ3n) is 7.10. The Bertz CT molecular complexity index is 1500. The van der Waals surface area contributed by atoms with Crippen LogP contribution >= 0.6 is 11.6 Å². The van der Waals surface area contributed by atoms with E-state index in [1.54, 1.807) is 37.3 Å². The standard InChI is InChI=1S/C33H32ClNO5/c1-21(2)40-33(25-10-12-26(34)13-11-25)30-17-16-29(39-4)19-24(30)20-31(36)35(33)27-14-8-22(9-15-27)32(37)23-6-5-7-28(18-23)38-3/h5-19,21,32,37H,20H2,1-4H3/t32?,33-/m0/s1. The van der Waals surface area contributed by atoms with E-state index in [0.29, 0.717) is 33.3 Å². The van der Waals surface area contributed by atoms with E-state index in [1.807, 2.05) is 86.6 Å². The van der Waals surface area contributed by atoms with E-state index < -0.39 is 11.8 Å². The first-order valence-electron chi connectivity index (χ1n) is 13.1. The van der Waals surface area contributed by atoms with Crippen molar-refractivity contribution >= 4 is 23.2 Å². The van der Waals surface area contributed by atoms with Crippen molar-refractivity contribution in [3.8, 4) is 11.5 Å². The molecule has 40 heavy (non-hydrogen) atoms. The van der Waals surface area contributed by atoms with Crippen molar-refractivity contribution in [2.75, 3.05) is 19.1 Å². The van der Waals surface area contributed by atoms with Crippen molar-refractivity contribution in [3.63, 3.8) is 0 Å². The first-order valence-corrected chi connectivity index (χ1v) is 13.5. The van der Waals surface area contributed by atoms with Crippen LogP contribution in [0.25, 0.3) is 0 Å². The molecule has 1 aliphatic rings. The maximum absolute atomic E-state index is 14.0. The summed E-state index contributed by atoms with van der Waals surface area (Å²) in [4.78, 5) is 15.7. The van der Waals surface area contributed by atoms with Crippen molar-refractivity contribution in [3.05, 3.63) is 124 Å². The van der Waals surface area contributed by atoms with Gasteiger partial charge in [-0.05, 0) is 85.1 Å². The Balaban J connectivity index is 1.65. The molecule has 4 aromatic rings. The minimum Gasteiger partial charge on any atom is -0.497 e. The van der Waals surface area contributed by atoms with E-state index in [0.717, 1.165) is 16.7 Å². The van der Waals surface area contributed by atoms with Crippen molar-refractivity contribution in [1.82, 2.24) is 0 Å². The van der Waals surface area contributed by atoms with Crippen LogP contribution in [-0.4, -0.2) is 31.3 Å². The van der Waals surface area contributed by atoms with Crippen LogP contribution in [0.3, 0.4) is 0 Å². The Kier molecular flexibility index (Phi) is 7.86. The van der Waals surface area contributed by atoms with Crippen LogP contribution in [0, 0.1) is 0 Å². The molecule has 1 heterocycles. The molecule has 0 saturated carbocycles. The molecule has 7 heteroatoms. The summed E-state index contributed by atoms with van der Waals surface area (Å²) in [5.74, 6) is 1.21. The minimum atomic E-state index is -1.26. The number of carbonyl (C=O) groups excluding carboxylic acids is 1. The Morgan fingerprint density at radius 3 is 2.17 bits per heavy atom. The van der Waals surface area contributed by atoms with Gasteiger partial charge < -0.3 is 19.3 Å². The number of fused-ring (bicyclic) bond motifs is 1. The van der Waals surface area contributed by atoms with Gasteiger partial charge in [0.05, 0.1) is 26.7 Å². The number of benzene rings is 4. The topological polar surface area (TPSA) is 68.2 Å². The number of aliphatic hydroxyl groups is 1. The van der Waals surface area contributed by atoms with Crippen molar-refractivity contribution in [2.45, 2.75) is 38.2 Å². The lowest BCUT2D eigenvalue weighted by Crippen LogP contribution is -2.57. The number of methoxy groups -OCH3 is 2. The maximum atomic E-state index is 14.0. The molecule has 1 aliphatic heterocycles. The Labute approximate surface area is 239 Å². The van der Waals surface area contributed by atoms with Gasteiger partial charge in [0.2, 0.25) is 11.6 Å². The molecular formula is C33H32ClNO5. The van der Waals surface area contributed by atoms with Crippen LogP contribution in [0.4, 0.5) is 5.69 Å². The Hall–Kier alpha value is -3.84. The zero-order chi connectivity index (χ0) is 28.4. The first kappa shape index (κ1) is 27.7. The summed E-state index contributed by atoms with van der Waals surface area (Å²) in [7, 11) is 3.20. The molecule has 1 unspecified atom stereocenters. The smallest absolute Gasteiger partial charge is 0.234 e. The van der Waals surface area contributed by atoms with Crippen LogP contribution in [0.5, 0.6) is 11.5 Å². The first-order chi connectivity index (χ1) is 19.3. The minimum absolute atomic E-state index is 0.127. The average Bonchev–Trinajstić information content (AvgIpc) is 2.96. The zero-order valence-electron chi connectivity index (χ0n) is 22.9. The molecule has 0 aliphatic carbocycles. The average molecular weight is 558 g/mol. The number of ether oxygens (including phenoxy) is 3. The monoisotopic (exact) mass is 557 g/mol. The van der Waals surface area contributed by atoms with Gasteiger partial charge in [-0.1, -0.05) is 48.0 Å². The predicted molar refractivity (Wildman–Crippen MR) is 156 cm³/mol. The highest BCUT2D eigenvalue weighted by Gasteiger charge is 2.50. The predicted octanol–water partition coefficient (Wildman–Crippen LogP) is 6.65. The van der Waals surface area contributed by atoms with Crippen LogP contribution < -0.4 is 14.4 Å². The number of hydrogen-bond donors (Lipinski definition) is 1. The SMILES string of the molecule is COc1cccc(C(O)c2ccc(N3C(=O)Cc4cc(OC)ccc4[C@@]3(OC(C)C)c3ccc(Cl)cc3)cc2)c1. The van der Waals surface area contributed by atoms with Crippen LogP contribution in [-0.2, 0) is 21.7 Å². The van der Waals surface area contributed by atoms with Crippen LogP contribution in [0.1, 0.15) is 47.8 Å². The zero-order valence-corrected chi connectivity index (χ0v) is 23.7. The number of halogens is 1. The maximum Gasteiger partial charge on any atom is 0.234 e. The second-order valence-corrected chi connectivity index (χ2v) is 10.5. The molecule has 206 valence electrons. The highest BCUT2D eigenvalue weighted by molar-refractivity contribution is 6.30. The molecule has 0 radical (unpaired) electrons. The van der Waals surface area contributed by atoms with Gasteiger partial charge in [0.1, 0.15) is 17.6 Å². The van der Waals surface area contributed by atoms with Crippen molar-refractivity contribution in [2.24, 2.45) is 0 Å². The molecule has 4 aromatic carbocycles. The number of rotatable bonds is 8. The van der Waals surface area contributed by atoms with Crippen LogP contribution in [0.2, 0.25) is 5.02 Å². The van der Waals surface area contributed by atoms with Gasteiger partial charge in [-0.25, -0.2) is 0 Å². The lowest BCUT2D eigenvalue weighted by molar-refractivity contribution is -0.128. The lowest BCUT2D eigenvalue weighted by atomic mass is 9.83. The third-order valence-corrected chi connectivity index (χ3v) is 7.35. The third kappa shape index (κ3) is 5.06. The van der Waals surface area contributed by atoms with Gasteiger partial charge >= 0.3 is 0 Å². The summed E-state index contributed by atoms with van der Waals surface area (Å²) in [5.41, 5.74) is 3.24. The van der Waals surface area contributed by atoms with E-state index in [4.69, 9.17) is 25.8 Å². The molecule has 5 rings (SSSR count). The fraction of sp³-hybridized carbons (Fsp3) is 0.242. The number of aliphatic hydroxyl groups excluding tert-OH is 1. The van der Waals surface area contributed by atoms with E-state index in [-0.39, 0.29) is 18.4 Å². The molecule has 1 amide bonds. The van der Waals surface area contributed by atoms with Crippen molar-refractivity contribution in [1.29, 1.82) is 0 Å². The normalized spacial score (nSPS) is 17.5. The summed E-state index contributed by atoms with van der Waals surface area (Å²) in [6, 6.07) is 27.8. The molecular weight excluding hydrogens is 526 g/mol. The number of nitrogens with zero attached hydrogens (tertiary/aromatic N) is 1. The molecule has 0 spiro atoms. The molecule has 6 nitrogen and oxygen atoms in total. The molecule has 0 saturated heterocycles. The molecule has 1 N–H and O–H groups in total. The molecule has 2 atom stereocenters. The van der Waals surface area contributed by atoms with Gasteiger partial charge in [0, 0.05) is 21.8 Å². The van der Waals surface area contributed by atoms with E-state index in [2.05, 4.69) is 0 Å². The number of amides is 1. The summed E-state index contributed by atoms with van der Waals surface area (Å²) in [6.45, 7) is 3.90. The van der Waals surface area contributed by atoms with E-state index in [1.165, 1.54) is 0 Å². The van der Waals surface area contributed by atoms with Gasteiger partial charge in [-0.15, -0.1) is 0 Å². The van der Waals surface area contributed by atoms with Crippen LogP contribution in [0.15, 0.2) is 91.0 Å². The highest BCUT2D eigenvalue weighted by Crippen LogP contribution is 2.47. The second-order valence-electron chi connectivity index (χ2n) is 10.0. The molecule has 0 bridgehead atoms. The van der Waals surface area contributed by atoms with Gasteiger partial charge in [-0.3, -0.25) is 9.69 Å². The second kappa shape index (κ2) is 11.3. The number of hydrogen-bond acceptors (Lipinski definition) is 5. The quantitative estimate of drug-likeness (QED) is 0.262. The van der Waals surface area contributed by atoms with E-state index in [9.17, 15) is 9.90 Å². The number of carbonyl (C=O) groups is 1. The molecule has 0 aromatic heterocycles. The summed E-state index contributed by atoms with van der Waals surface area (Å²) >= 11 is 6.27. The summed E-state index contributed by atoms with van der Waals surface area (Å²) < 4.78 is 17.6. The summed E-state index contributed by atoms with van der Waals surface area (Å²) in [5, 5.41) is 11.7. The highest BCUT2D eigenvalue weighted by atomic mass is 35.5. The fourth-order valence-electron chi connectivity index (χ4n) is 5.33. The van der Waals surface area contributed by atoms with Gasteiger partial charge in [-0.2, -0.15) is 0 Å². The molecule has 0 fully saturated rings. The summed E-state index contributed by atoms with van der Waals surface area (Å²) in [6.07, 6.45) is -0.909. The fourth-order valence-corrected chi connectivity index (χ4v) is 5.46. The van der Waals surface area contributed by atoms with Gasteiger partial charge in [0.15, 0.2) is 0 Å². The lowest BCUT2D eigenvalue weighted by Gasteiger charge is -2.48. The Morgan fingerprint density at radius 1 is 0.850 bits per heavy atom. The van der Waals surface area contributed by atoms with Crippen molar-refractivity contribution < 1.29 is 24.1 Å². The number of anilines is 1.